The molecule has 2 N–H and O–H groups in total. The number of nitrogens with one attached hydrogen (secondary N) is 1. The molecule has 0 unspecified atom stereocenters. The zero-order valence-corrected chi connectivity index (χ0v) is 70.9. The summed E-state index contributed by atoms with van der Waals surface area (Å²) in [4.78, 5) is 66.6. The van der Waals surface area contributed by atoms with Gasteiger partial charge in [0.25, 0.3) is 5.01 Å². The number of Topliss-reactive ketones (excluding diaryl/α,β-unsaturated/α-hetero) is 4. The molecule has 8 heterocycles. The van der Waals surface area contributed by atoms with E-state index in [1.165, 1.54) is 69.0 Å². The van der Waals surface area contributed by atoms with Gasteiger partial charge in [0, 0.05) is 90.7 Å². The fourth-order valence-corrected chi connectivity index (χ4v) is 19.2. The molecule has 0 atom stereocenters. The molecule has 0 aliphatic carbocycles. The number of anilines is 4. The number of aromatic nitrogens is 4. The van der Waals surface area contributed by atoms with Crippen molar-refractivity contribution in [2.45, 2.75) is 95.4 Å². The first-order valence-corrected chi connectivity index (χ1v) is 42.6. The van der Waals surface area contributed by atoms with Crippen LogP contribution in [0.4, 0.5) is 22.7 Å². The second kappa shape index (κ2) is 36.1. The number of carbonyl (C=O) groups excluding carboxylic acids is 4. The number of aliphatic hydroxyl groups is 1. The van der Waals surface area contributed by atoms with E-state index in [4.69, 9.17) is 11.6 Å². The van der Waals surface area contributed by atoms with E-state index < -0.39 is 0 Å². The zero-order chi connectivity index (χ0) is 79.9. The third kappa shape index (κ3) is 18.5. The summed E-state index contributed by atoms with van der Waals surface area (Å²) in [5.74, 6) is 0.980. The Morgan fingerprint density at radius 3 is 1.47 bits per heavy atom. The number of rotatable bonds is 18. The summed E-state index contributed by atoms with van der Waals surface area (Å²) >= 11 is 14.8. The fourth-order valence-electron chi connectivity index (χ4n) is 13.4. The lowest BCUT2D eigenvalue weighted by molar-refractivity contribution is -0.645. The number of allylic oxidation sites excluding steroid dienone is 2. The van der Waals surface area contributed by atoms with Gasteiger partial charge in [0.2, 0.25) is 22.1 Å². The number of ketones is 4. The number of pyridine rings is 3. The van der Waals surface area contributed by atoms with Crippen LogP contribution in [0.3, 0.4) is 0 Å². The van der Waals surface area contributed by atoms with E-state index in [0.29, 0.717) is 31.2 Å². The predicted molar refractivity (Wildman–Crippen MR) is 473 cm³/mol. The summed E-state index contributed by atoms with van der Waals surface area (Å²) in [5.41, 5.74) is 15.8. The molecule has 0 saturated carbocycles. The summed E-state index contributed by atoms with van der Waals surface area (Å²) in [7, 11) is 6.20. The molecular weight excluding hydrogens is 1520 g/mol. The Balaban J connectivity index is 0.000000132. The average Bonchev–Trinajstić information content (AvgIpc) is 1.66. The van der Waals surface area contributed by atoms with Crippen molar-refractivity contribution in [2.75, 3.05) is 45.8 Å². The summed E-state index contributed by atoms with van der Waals surface area (Å²) in [6, 6.07) is 64.3. The summed E-state index contributed by atoms with van der Waals surface area (Å²) in [6.45, 7) is 21.4. The molecular formula is C94H95ClN8O5S5+4. The van der Waals surface area contributed by atoms with Crippen molar-refractivity contribution in [3.63, 3.8) is 0 Å². The lowest BCUT2D eigenvalue weighted by atomic mass is 10.1. The topological polar surface area (TPSA) is 127 Å². The van der Waals surface area contributed by atoms with Crippen molar-refractivity contribution in [1.82, 2.24) is 0 Å². The lowest BCUT2D eigenvalue weighted by Crippen LogP contribution is -2.31. The molecule has 12 aromatic rings. The van der Waals surface area contributed by atoms with Crippen molar-refractivity contribution in [2.24, 2.45) is 44.8 Å². The van der Waals surface area contributed by atoms with Crippen LogP contribution in [0.5, 0.6) is 0 Å². The molecule has 113 heavy (non-hydrogen) atoms. The van der Waals surface area contributed by atoms with Gasteiger partial charge < -0.3 is 24.7 Å². The highest BCUT2D eigenvalue weighted by molar-refractivity contribution is 8.04. The highest BCUT2D eigenvalue weighted by Gasteiger charge is 2.33. The number of hydrogen-bond donors (Lipinski definition) is 1. The molecule has 4 aromatic heterocycles. The Kier molecular flexibility index (Phi) is 25.9. The van der Waals surface area contributed by atoms with Gasteiger partial charge in [-0.3, -0.25) is 19.2 Å². The van der Waals surface area contributed by atoms with Crippen molar-refractivity contribution in [1.29, 1.82) is 0 Å². The van der Waals surface area contributed by atoms with E-state index in [9.17, 15) is 24.3 Å². The minimum Gasteiger partial charge on any atom is -0.392 e. The van der Waals surface area contributed by atoms with Crippen LogP contribution in [0.2, 0.25) is 5.02 Å². The third-order valence-corrected chi connectivity index (χ3v) is 26.3. The van der Waals surface area contributed by atoms with Gasteiger partial charge in [-0.15, -0.1) is 0 Å². The second-order valence-corrected chi connectivity index (χ2v) is 35.5. The number of hydrogen-bond acceptors (Lipinski definition) is 14. The van der Waals surface area contributed by atoms with Crippen LogP contribution in [0.15, 0.2) is 258 Å². The van der Waals surface area contributed by atoms with Gasteiger partial charge in [0.15, 0.2) is 41.7 Å². The maximum Gasteiger partial charge on any atom is 0.265 e. The van der Waals surface area contributed by atoms with Crippen LogP contribution < -0.4 is 38.3 Å². The Morgan fingerprint density at radius 2 is 0.903 bits per heavy atom. The number of benzene rings is 8. The summed E-state index contributed by atoms with van der Waals surface area (Å²) < 4.78 is 7.70. The third-order valence-electron chi connectivity index (χ3n) is 20.5. The number of para-hydroxylation sites is 5. The van der Waals surface area contributed by atoms with Gasteiger partial charge in [0.1, 0.15) is 25.8 Å². The monoisotopic (exact) mass is 1610 g/mol. The Hall–Kier alpha value is -9.89. The standard InChI is InChI=1S/C25H25N2OS.C24H23ClN2OS.C23H23N2OS.C22H23N2O2S2/c1-18(2)23(28)17-27-22-12-6-7-13-24(22)29-25(27)14-8-9-19-15-16-26(3)21-11-5-4-10-20(19)21;1-14(2)22(28)13-27-21-9-15(3)16(4)10-23(21)29-24(27)11-17-7-8-26-20-6-5-18(25)12-19(17)20;1-16(2)21(26)15-25-20-10-6-7-11-22(20)27-23(25)14-17-12-13-24(3)19-9-5-4-8-18(17)19;1-14(2)18(26)12-24-17-10-15(13-25)8-9-20(17)28-22(24)11-21-23(3)16-6-4-5-7-19(16)27-21/h4-16,18H,17H2,1-3H3;5-12,14H,13H2,1-4H3;4-14,16H,15H2,1-3H3;4-11,14,25H,12-13H2,1-3H3/q+1;;2*+1/p+1/b;24-11-;;. The first-order valence-electron chi connectivity index (χ1n) is 38.1. The van der Waals surface area contributed by atoms with Crippen LogP contribution in [-0.4, -0.2) is 54.4 Å². The quantitative estimate of drug-likeness (QED) is 0.0820. The van der Waals surface area contributed by atoms with Crippen molar-refractivity contribution in [3.8, 4) is 0 Å². The van der Waals surface area contributed by atoms with Gasteiger partial charge >= 0.3 is 0 Å². The van der Waals surface area contributed by atoms with Crippen molar-refractivity contribution >= 4 is 183 Å². The molecule has 4 aliphatic heterocycles. The fraction of sp³-hybridized carbons (Fsp3) is 0.234. The number of aromatic amines is 1. The van der Waals surface area contributed by atoms with Crippen LogP contribution in [0, 0.1) is 37.5 Å². The van der Waals surface area contributed by atoms with Gasteiger partial charge in [0.05, 0.1) is 97.9 Å². The van der Waals surface area contributed by atoms with E-state index in [-0.39, 0.29) is 53.4 Å². The number of fused-ring (bicyclic) bond motifs is 8. The molecule has 0 radical (unpaired) electrons. The molecule has 0 saturated heterocycles. The maximum absolute atomic E-state index is 12.6. The Labute approximate surface area is 689 Å². The van der Waals surface area contributed by atoms with Gasteiger partial charge in [-0.2, -0.15) is 4.57 Å². The molecule has 8 aromatic carbocycles. The number of aliphatic hydroxyl groups excluding tert-OH is 1. The normalized spacial score (nSPS) is 15.0. The van der Waals surface area contributed by atoms with Crippen molar-refractivity contribution in [3.05, 3.63) is 282 Å². The summed E-state index contributed by atoms with van der Waals surface area (Å²) in [5, 5.41) is 19.2. The number of halogens is 1. The SMILES string of the molecule is CC(C)C(=O)CN1/C(=C/C=C/c2cc[n+](C)c3ccccc23)Sc2ccccc21.CC(C)C(=O)CN1/C(=C/c2cc[n+](C)c3ccccc23)Sc2ccccc21.CC(C)C(=O)CN1/C(=C/c2sc3ccccc3[n+]2C)Sc2ccc(CO)cc21.Cc1cc2c(cc1C)N(CC(=O)C(C)C)/C(=C/c1cc[nH+]c3ccc(Cl)cc13)S2. The van der Waals surface area contributed by atoms with Gasteiger partial charge in [-0.05, 0) is 144 Å². The lowest BCUT2D eigenvalue weighted by Gasteiger charge is -2.21. The van der Waals surface area contributed by atoms with Gasteiger partial charge in [-0.25, -0.2) is 14.1 Å². The smallest absolute Gasteiger partial charge is 0.265 e. The van der Waals surface area contributed by atoms with Crippen LogP contribution in [0.1, 0.15) is 93.8 Å². The molecule has 13 nitrogen and oxygen atoms in total. The first-order chi connectivity index (χ1) is 54.4. The number of nitrogens with zero attached hydrogens (tertiary/aromatic N) is 7. The molecule has 4 aliphatic rings. The number of thioether (sulfide) groups is 4. The zero-order valence-electron chi connectivity index (χ0n) is 66.1. The number of carbonyl (C=O) groups is 4. The molecule has 16 rings (SSSR count). The van der Waals surface area contributed by atoms with Crippen molar-refractivity contribution < 1.29 is 43.0 Å². The second-order valence-electron chi connectivity index (χ2n) is 29.7. The van der Waals surface area contributed by atoms with E-state index in [0.717, 1.165) is 74.8 Å². The number of thiazole rings is 1. The van der Waals surface area contributed by atoms with Crippen LogP contribution >= 0.6 is 70.0 Å². The Morgan fingerprint density at radius 1 is 0.451 bits per heavy atom. The first kappa shape index (κ1) is 81.1. The largest absolute Gasteiger partial charge is 0.392 e. The Bertz CT molecular complexity index is 5840. The molecule has 574 valence electrons. The number of H-pyrrole nitrogens is 1. The van der Waals surface area contributed by atoms with Gasteiger partial charge in [-0.1, -0.05) is 204 Å². The molecule has 0 spiro atoms. The van der Waals surface area contributed by atoms with Crippen LogP contribution in [0.25, 0.3) is 67.2 Å². The predicted octanol–water partition coefficient (Wildman–Crippen LogP) is 20.6. The molecule has 0 amide bonds. The number of aryl methyl sites for hydroxylation is 5. The highest BCUT2D eigenvalue weighted by atomic mass is 35.5. The van der Waals surface area contributed by atoms with E-state index >= 15 is 0 Å². The van der Waals surface area contributed by atoms with E-state index in [2.05, 4.69) is 250 Å². The van der Waals surface area contributed by atoms with E-state index in [1.807, 2.05) is 122 Å². The highest BCUT2D eigenvalue weighted by Crippen LogP contribution is 2.51. The minimum atomic E-state index is -0.0169. The van der Waals surface area contributed by atoms with Crippen LogP contribution in [-0.2, 0) is 46.9 Å². The molecule has 0 fully saturated rings. The molecule has 0 bridgehead atoms. The average molecular weight is 1610 g/mol. The summed E-state index contributed by atoms with van der Waals surface area (Å²) in [6.07, 6.45) is 19.0. The maximum atomic E-state index is 12.6. The molecule has 19 heteroatoms. The minimum absolute atomic E-state index is 0.00260. The van der Waals surface area contributed by atoms with E-state index in [1.54, 1.807) is 58.4 Å².